The van der Waals surface area contributed by atoms with Gasteiger partial charge in [0.15, 0.2) is 0 Å². The van der Waals surface area contributed by atoms with Crippen LogP contribution in [-0.2, 0) is 6.42 Å². The first-order chi connectivity index (χ1) is 15.1. The van der Waals surface area contributed by atoms with Crippen LogP contribution in [0.1, 0.15) is 51.2 Å². The maximum atomic E-state index is 10.6. The molecule has 1 aromatic carbocycles. The topological polar surface area (TPSA) is 43.7 Å². The second-order valence-corrected chi connectivity index (χ2v) is 12.0. The molecule has 1 fully saturated rings. The van der Waals surface area contributed by atoms with Gasteiger partial charge < -0.3 is 15.1 Å². The van der Waals surface area contributed by atoms with Gasteiger partial charge >= 0.3 is 0 Å². The Labute approximate surface area is 200 Å². The highest BCUT2D eigenvalue weighted by molar-refractivity contribution is 7.99. The van der Waals surface area contributed by atoms with E-state index >= 15 is 0 Å². The van der Waals surface area contributed by atoms with E-state index in [-0.39, 0.29) is 17.6 Å². The molecule has 0 amide bonds. The third kappa shape index (κ3) is 7.21. The van der Waals surface area contributed by atoms with Crippen LogP contribution in [0.15, 0.2) is 48.1 Å². The number of aliphatic hydroxyl groups excluding tert-OH is 2. The lowest BCUT2D eigenvalue weighted by Gasteiger charge is -2.31. The van der Waals surface area contributed by atoms with Crippen LogP contribution in [-0.4, -0.2) is 58.0 Å². The lowest BCUT2D eigenvalue weighted by molar-refractivity contribution is 0.140. The normalized spacial score (nSPS) is 26.7. The number of aliphatic hydroxyl groups is 2. The first kappa shape index (κ1) is 25.6. The molecule has 0 aliphatic heterocycles. The number of aryl methyl sites for hydroxylation is 1. The van der Waals surface area contributed by atoms with Crippen LogP contribution in [0.5, 0.6) is 0 Å². The lowest BCUT2D eigenvalue weighted by atomic mass is 9.89. The number of nitrogens with zero attached hydrogens (tertiary/aromatic N) is 1. The second kappa shape index (κ2) is 11.4. The summed E-state index contributed by atoms with van der Waals surface area (Å²) in [6, 6.07) is 8.31. The predicted molar refractivity (Wildman–Crippen MR) is 138 cm³/mol. The molecular weight excluding hydrogens is 414 g/mol. The van der Waals surface area contributed by atoms with Crippen LogP contribution >= 0.6 is 11.8 Å². The van der Waals surface area contributed by atoms with Gasteiger partial charge in [-0.25, -0.2) is 0 Å². The van der Waals surface area contributed by atoms with E-state index in [1.165, 1.54) is 17.7 Å². The van der Waals surface area contributed by atoms with Gasteiger partial charge in [-0.2, -0.15) is 11.8 Å². The van der Waals surface area contributed by atoms with Crippen molar-refractivity contribution >= 4 is 11.8 Å². The molecule has 3 nitrogen and oxygen atoms in total. The van der Waals surface area contributed by atoms with E-state index in [2.05, 4.69) is 70.0 Å². The van der Waals surface area contributed by atoms with Crippen LogP contribution in [0.25, 0.3) is 0 Å². The zero-order valence-corrected chi connectivity index (χ0v) is 21.4. The number of fused-ring (bicyclic) bond motifs is 1. The fourth-order valence-corrected chi connectivity index (χ4v) is 6.01. The molecule has 178 valence electrons. The molecule has 0 heterocycles. The summed E-state index contributed by atoms with van der Waals surface area (Å²) in [5.74, 6) is 3.47. The minimum absolute atomic E-state index is 0.159. The molecule has 2 aliphatic carbocycles. The Morgan fingerprint density at radius 1 is 1.28 bits per heavy atom. The van der Waals surface area contributed by atoms with E-state index in [9.17, 15) is 10.2 Å². The van der Waals surface area contributed by atoms with Gasteiger partial charge in [0, 0.05) is 23.6 Å². The molecule has 1 aromatic rings. The van der Waals surface area contributed by atoms with Gasteiger partial charge in [0.05, 0.1) is 12.2 Å². The fourth-order valence-electron chi connectivity index (χ4n) is 5.06. The Kier molecular flexibility index (Phi) is 9.08. The van der Waals surface area contributed by atoms with E-state index in [1.807, 2.05) is 23.9 Å². The molecule has 2 N–H and O–H groups in total. The zero-order chi connectivity index (χ0) is 23.3. The average Bonchev–Trinajstić information content (AvgIpc) is 3.21. The van der Waals surface area contributed by atoms with Crippen LogP contribution in [0.3, 0.4) is 0 Å². The number of hydrogen-bond donors (Lipinski definition) is 2. The van der Waals surface area contributed by atoms with Gasteiger partial charge in [0.1, 0.15) is 0 Å². The molecule has 0 radical (unpaired) electrons. The molecule has 0 bridgehead atoms. The minimum Gasteiger partial charge on any atom is -0.392 e. The Balaban J connectivity index is 1.43. The quantitative estimate of drug-likeness (QED) is 0.372. The van der Waals surface area contributed by atoms with Gasteiger partial charge in [-0.15, -0.1) is 0 Å². The van der Waals surface area contributed by atoms with Crippen molar-refractivity contribution in [2.24, 2.45) is 17.8 Å². The summed E-state index contributed by atoms with van der Waals surface area (Å²) in [4.78, 5) is 2.43. The molecule has 0 spiro atoms. The molecule has 0 unspecified atom stereocenters. The largest absolute Gasteiger partial charge is 0.392 e. The van der Waals surface area contributed by atoms with Crippen LogP contribution < -0.4 is 0 Å². The molecule has 4 heteroatoms. The van der Waals surface area contributed by atoms with Gasteiger partial charge in [-0.1, -0.05) is 53.6 Å². The molecule has 1 saturated carbocycles. The van der Waals surface area contributed by atoms with E-state index in [4.69, 9.17) is 0 Å². The standard InChI is InChI=1S/C28H43NO2S/c1-20-8-6-9-21(14-20)16-24(30)10-11-25-26-17-22(15-23(26)18-27(25)31)19-32-13-7-12-29(5)28(2,3)4/h6,8-11,14-15,23-27,30-31H,7,12-13,16-19H2,1-5H3/t23-,24+,25+,26-,27+/m0/s1. The highest BCUT2D eigenvalue weighted by Gasteiger charge is 2.43. The maximum Gasteiger partial charge on any atom is 0.0761 e. The zero-order valence-electron chi connectivity index (χ0n) is 20.6. The molecule has 3 rings (SSSR count). The van der Waals surface area contributed by atoms with Crippen molar-refractivity contribution in [2.75, 3.05) is 25.1 Å². The summed E-state index contributed by atoms with van der Waals surface area (Å²) in [5, 5.41) is 21.1. The van der Waals surface area contributed by atoms with E-state index in [1.54, 1.807) is 5.57 Å². The fraction of sp³-hybridized carbons (Fsp3) is 0.643. The third-order valence-corrected chi connectivity index (χ3v) is 8.40. The highest BCUT2D eigenvalue weighted by atomic mass is 32.2. The number of rotatable bonds is 10. The summed E-state index contributed by atoms with van der Waals surface area (Å²) < 4.78 is 0. The van der Waals surface area contributed by atoms with Crippen LogP contribution in [0.2, 0.25) is 0 Å². The van der Waals surface area contributed by atoms with Crippen molar-refractivity contribution in [1.29, 1.82) is 0 Å². The van der Waals surface area contributed by atoms with Gasteiger partial charge in [-0.05, 0) is 83.7 Å². The monoisotopic (exact) mass is 457 g/mol. The van der Waals surface area contributed by atoms with Crippen molar-refractivity contribution in [3.05, 3.63) is 59.2 Å². The molecular formula is C28H43NO2S. The van der Waals surface area contributed by atoms with Crippen molar-refractivity contribution in [1.82, 2.24) is 4.90 Å². The highest BCUT2D eigenvalue weighted by Crippen LogP contribution is 2.47. The van der Waals surface area contributed by atoms with Gasteiger partial charge in [0.2, 0.25) is 0 Å². The Bertz CT molecular complexity index is 797. The average molecular weight is 458 g/mol. The van der Waals surface area contributed by atoms with Gasteiger partial charge in [0.25, 0.3) is 0 Å². The van der Waals surface area contributed by atoms with Gasteiger partial charge in [-0.3, -0.25) is 0 Å². The summed E-state index contributed by atoms with van der Waals surface area (Å²) in [6.07, 6.45) is 9.47. The Hall–Kier alpha value is -1.07. The van der Waals surface area contributed by atoms with Crippen molar-refractivity contribution in [3.63, 3.8) is 0 Å². The number of hydrogen-bond acceptors (Lipinski definition) is 4. The maximum absolute atomic E-state index is 10.6. The first-order valence-electron chi connectivity index (χ1n) is 12.2. The van der Waals surface area contributed by atoms with Crippen LogP contribution in [0, 0.1) is 24.7 Å². The van der Waals surface area contributed by atoms with E-state index in [0.29, 0.717) is 18.3 Å². The Morgan fingerprint density at radius 3 is 2.78 bits per heavy atom. The third-order valence-electron chi connectivity index (χ3n) is 7.25. The SMILES string of the molecule is Cc1cccc(C[C@H](O)C=C[C@@H]2[C@H]3CC(CSCCCN(C)C(C)(C)C)=C[C@H]3C[C@H]2O)c1. The molecule has 2 aliphatic rings. The molecule has 32 heavy (non-hydrogen) atoms. The van der Waals surface area contributed by atoms with E-state index in [0.717, 1.165) is 30.7 Å². The summed E-state index contributed by atoms with van der Waals surface area (Å²) in [7, 11) is 2.21. The summed E-state index contributed by atoms with van der Waals surface area (Å²) in [5.41, 5.74) is 4.17. The van der Waals surface area contributed by atoms with Crippen molar-refractivity contribution < 1.29 is 10.2 Å². The summed E-state index contributed by atoms with van der Waals surface area (Å²) in [6.45, 7) is 10.0. The molecule has 0 saturated heterocycles. The van der Waals surface area contributed by atoms with Crippen molar-refractivity contribution in [2.45, 2.75) is 71.1 Å². The number of benzene rings is 1. The van der Waals surface area contributed by atoms with Crippen molar-refractivity contribution in [3.8, 4) is 0 Å². The first-order valence-corrected chi connectivity index (χ1v) is 13.4. The Morgan fingerprint density at radius 2 is 2.06 bits per heavy atom. The summed E-state index contributed by atoms with van der Waals surface area (Å²) >= 11 is 2.05. The van der Waals surface area contributed by atoms with E-state index < -0.39 is 6.10 Å². The molecule has 5 atom stereocenters. The number of allylic oxidation sites excluding steroid dienone is 1. The predicted octanol–water partition coefficient (Wildman–Crippen LogP) is 5.25. The lowest BCUT2D eigenvalue weighted by Crippen LogP contribution is -2.38. The number of thioether (sulfide) groups is 1. The van der Waals surface area contributed by atoms with Crippen LogP contribution in [0.4, 0.5) is 0 Å². The minimum atomic E-state index is -0.501. The smallest absolute Gasteiger partial charge is 0.0761 e. The second-order valence-electron chi connectivity index (χ2n) is 10.9. The molecule has 0 aromatic heterocycles.